The van der Waals surface area contributed by atoms with E-state index in [4.69, 9.17) is 5.84 Å². The van der Waals surface area contributed by atoms with Crippen molar-refractivity contribution < 1.29 is 5.01 Å². The lowest BCUT2D eigenvalue weighted by atomic mass is 10.2. The highest BCUT2D eigenvalue weighted by molar-refractivity contribution is 4.40. The van der Waals surface area contributed by atoms with Crippen molar-refractivity contribution in [3.63, 3.8) is 0 Å². The molecule has 0 aromatic rings. The molecule has 0 rings (SSSR count). The average molecular weight is 201 g/mol. The molecule has 0 amide bonds. The van der Waals surface area contributed by atoms with Gasteiger partial charge in [0.25, 0.3) is 0 Å². The number of nitrogens with two attached hydrogens (primary N) is 1. The van der Waals surface area contributed by atoms with E-state index in [-0.39, 0.29) is 0 Å². The number of hydrogen-bond acceptors (Lipinski definition) is 1. The first-order valence-corrected chi connectivity index (χ1v) is 6.41. The molecule has 0 aliphatic heterocycles. The van der Waals surface area contributed by atoms with E-state index in [2.05, 4.69) is 13.8 Å². The molecule has 14 heavy (non-hydrogen) atoms. The van der Waals surface area contributed by atoms with Gasteiger partial charge in [0.1, 0.15) is 0 Å². The molecule has 0 fully saturated rings. The molecule has 2 heteroatoms. The SMILES string of the molecule is CCCCCC[NH+](N)CCCCCC. The third-order valence-electron chi connectivity index (χ3n) is 2.70. The lowest BCUT2D eigenvalue weighted by Gasteiger charge is -2.12. The summed E-state index contributed by atoms with van der Waals surface area (Å²) in [6, 6.07) is 0. The van der Waals surface area contributed by atoms with Crippen LogP contribution in [0.4, 0.5) is 0 Å². The molecule has 3 N–H and O–H groups in total. The fourth-order valence-corrected chi connectivity index (χ4v) is 1.68. The molecule has 0 aliphatic carbocycles. The summed E-state index contributed by atoms with van der Waals surface area (Å²) in [5.74, 6) is 5.95. The monoisotopic (exact) mass is 201 g/mol. The summed E-state index contributed by atoms with van der Waals surface area (Å²) >= 11 is 0. The molecule has 0 spiro atoms. The second-order valence-electron chi connectivity index (χ2n) is 4.28. The topological polar surface area (TPSA) is 30.5 Å². The Morgan fingerprint density at radius 3 is 1.50 bits per heavy atom. The van der Waals surface area contributed by atoms with E-state index in [1.54, 1.807) is 0 Å². The van der Waals surface area contributed by atoms with Crippen molar-refractivity contribution in [2.45, 2.75) is 65.2 Å². The number of rotatable bonds is 10. The molecule has 86 valence electrons. The summed E-state index contributed by atoms with van der Waals surface area (Å²) in [6.07, 6.45) is 10.7. The van der Waals surface area contributed by atoms with Gasteiger partial charge in [-0.25, -0.2) is 0 Å². The van der Waals surface area contributed by atoms with Gasteiger partial charge in [-0.05, 0) is 25.7 Å². The zero-order valence-corrected chi connectivity index (χ0v) is 10.1. The van der Waals surface area contributed by atoms with Crippen LogP contribution in [0.1, 0.15) is 65.2 Å². The predicted octanol–water partition coefficient (Wildman–Crippen LogP) is 1.91. The number of quaternary nitrogens is 1. The van der Waals surface area contributed by atoms with E-state index in [1.807, 2.05) is 0 Å². The van der Waals surface area contributed by atoms with E-state index in [1.165, 1.54) is 56.4 Å². The van der Waals surface area contributed by atoms with Gasteiger partial charge < -0.3 is 0 Å². The van der Waals surface area contributed by atoms with Crippen molar-refractivity contribution in [1.29, 1.82) is 0 Å². The van der Waals surface area contributed by atoms with Crippen molar-refractivity contribution in [2.75, 3.05) is 13.1 Å². The summed E-state index contributed by atoms with van der Waals surface area (Å²) in [4.78, 5) is 0. The van der Waals surface area contributed by atoms with E-state index >= 15 is 0 Å². The third kappa shape index (κ3) is 10.0. The molecule has 0 atom stereocenters. The Morgan fingerprint density at radius 1 is 0.714 bits per heavy atom. The fraction of sp³-hybridized carbons (Fsp3) is 1.00. The second-order valence-corrected chi connectivity index (χ2v) is 4.28. The Kier molecular flexibility index (Phi) is 10.9. The van der Waals surface area contributed by atoms with E-state index in [0.717, 1.165) is 13.1 Å². The Bertz CT molecular complexity index is 92.5. The van der Waals surface area contributed by atoms with Crippen LogP contribution in [-0.4, -0.2) is 13.1 Å². The van der Waals surface area contributed by atoms with Crippen LogP contribution >= 0.6 is 0 Å². The first-order valence-electron chi connectivity index (χ1n) is 6.41. The smallest absolute Gasteiger partial charge is 0.0943 e. The van der Waals surface area contributed by atoms with E-state index < -0.39 is 0 Å². The zero-order chi connectivity index (χ0) is 10.6. The Morgan fingerprint density at radius 2 is 1.14 bits per heavy atom. The molecular formula is C12H29N2+. The number of hydrogen-bond donors (Lipinski definition) is 2. The second kappa shape index (κ2) is 11.0. The minimum absolute atomic E-state index is 1.16. The standard InChI is InChI=1S/C12H28N2/c1-3-5-7-9-11-14(13)12-10-8-6-4-2/h3-13H2,1-2H3/p+1. The molecule has 0 aromatic heterocycles. The molecule has 0 unspecified atom stereocenters. The summed E-state index contributed by atoms with van der Waals surface area (Å²) < 4.78 is 0. The molecule has 0 bridgehead atoms. The van der Waals surface area contributed by atoms with Crippen molar-refractivity contribution in [3.8, 4) is 0 Å². The van der Waals surface area contributed by atoms with E-state index in [9.17, 15) is 0 Å². The van der Waals surface area contributed by atoms with E-state index in [0.29, 0.717) is 0 Å². The summed E-state index contributed by atoms with van der Waals surface area (Å²) in [6.45, 7) is 6.81. The molecule has 2 nitrogen and oxygen atoms in total. The normalized spacial score (nSPS) is 11.1. The molecule has 0 aromatic carbocycles. The first-order chi connectivity index (χ1) is 6.81. The number of unbranched alkanes of at least 4 members (excludes halogenated alkanes) is 6. The molecule has 0 aliphatic rings. The highest BCUT2D eigenvalue weighted by Gasteiger charge is 2.01. The minimum atomic E-state index is 1.16. The van der Waals surface area contributed by atoms with Gasteiger partial charge in [-0.2, -0.15) is 5.84 Å². The molecular weight excluding hydrogens is 172 g/mol. The van der Waals surface area contributed by atoms with Gasteiger partial charge >= 0.3 is 0 Å². The van der Waals surface area contributed by atoms with Gasteiger partial charge in [0.2, 0.25) is 0 Å². The van der Waals surface area contributed by atoms with Crippen molar-refractivity contribution in [1.82, 2.24) is 0 Å². The van der Waals surface area contributed by atoms with Gasteiger partial charge in [0.15, 0.2) is 0 Å². The highest BCUT2D eigenvalue weighted by Crippen LogP contribution is 1.97. The van der Waals surface area contributed by atoms with Gasteiger partial charge in [0.05, 0.1) is 13.1 Å². The van der Waals surface area contributed by atoms with Crippen LogP contribution in [0.2, 0.25) is 0 Å². The average Bonchev–Trinajstić information content (AvgIpc) is 2.19. The molecule has 0 radical (unpaired) electrons. The van der Waals surface area contributed by atoms with Crippen LogP contribution in [0.15, 0.2) is 0 Å². The summed E-state index contributed by atoms with van der Waals surface area (Å²) in [5, 5.41) is 1.23. The molecule has 0 saturated heterocycles. The Balaban J connectivity index is 3.07. The van der Waals surface area contributed by atoms with Crippen LogP contribution in [-0.2, 0) is 0 Å². The van der Waals surface area contributed by atoms with Crippen molar-refractivity contribution in [2.24, 2.45) is 5.84 Å². The third-order valence-corrected chi connectivity index (χ3v) is 2.70. The Hall–Kier alpha value is -0.0800. The maximum Gasteiger partial charge on any atom is 0.0943 e. The van der Waals surface area contributed by atoms with Crippen LogP contribution in [0.3, 0.4) is 0 Å². The predicted molar refractivity (Wildman–Crippen MR) is 63.2 cm³/mol. The van der Waals surface area contributed by atoms with Crippen LogP contribution < -0.4 is 10.9 Å². The van der Waals surface area contributed by atoms with Gasteiger partial charge in [0, 0.05) is 0 Å². The maximum absolute atomic E-state index is 5.95. The van der Waals surface area contributed by atoms with Crippen molar-refractivity contribution in [3.05, 3.63) is 0 Å². The summed E-state index contributed by atoms with van der Waals surface area (Å²) in [5.41, 5.74) is 0. The van der Waals surface area contributed by atoms with Gasteiger partial charge in [-0.1, -0.05) is 39.5 Å². The van der Waals surface area contributed by atoms with Crippen LogP contribution in [0, 0.1) is 0 Å². The van der Waals surface area contributed by atoms with Gasteiger partial charge in [-0.3, -0.25) is 5.01 Å². The first kappa shape index (κ1) is 13.9. The number of nitrogens with one attached hydrogen (secondary N) is 1. The van der Waals surface area contributed by atoms with Gasteiger partial charge in [-0.15, -0.1) is 0 Å². The van der Waals surface area contributed by atoms with Crippen LogP contribution in [0.5, 0.6) is 0 Å². The molecule has 0 saturated carbocycles. The minimum Gasteiger partial charge on any atom is -0.260 e. The summed E-state index contributed by atoms with van der Waals surface area (Å²) in [7, 11) is 0. The molecule has 0 heterocycles. The lowest BCUT2D eigenvalue weighted by Crippen LogP contribution is -3.17. The van der Waals surface area contributed by atoms with Crippen molar-refractivity contribution >= 4 is 0 Å². The Labute approximate surface area is 89.8 Å². The van der Waals surface area contributed by atoms with Crippen LogP contribution in [0.25, 0.3) is 0 Å². The zero-order valence-electron chi connectivity index (χ0n) is 10.1. The lowest BCUT2D eigenvalue weighted by molar-refractivity contribution is -0.913. The highest BCUT2D eigenvalue weighted by atomic mass is 15.4. The largest absolute Gasteiger partial charge is 0.260 e. The maximum atomic E-state index is 5.95. The fourth-order valence-electron chi connectivity index (χ4n) is 1.68. The quantitative estimate of drug-likeness (QED) is 0.316.